The predicted octanol–water partition coefficient (Wildman–Crippen LogP) is 2.50. The summed E-state index contributed by atoms with van der Waals surface area (Å²) in [5, 5.41) is 10.0. The second-order valence-corrected chi connectivity index (χ2v) is 6.80. The Morgan fingerprint density at radius 1 is 1.18 bits per heavy atom. The van der Waals surface area contributed by atoms with Gasteiger partial charge >= 0.3 is 0 Å². The molecule has 0 spiro atoms. The van der Waals surface area contributed by atoms with Gasteiger partial charge in [-0.2, -0.15) is 0 Å². The number of aromatic nitrogens is 3. The van der Waals surface area contributed by atoms with Crippen molar-refractivity contribution in [3.63, 3.8) is 0 Å². The van der Waals surface area contributed by atoms with Gasteiger partial charge < -0.3 is 19.9 Å². The molecule has 0 saturated carbocycles. The fourth-order valence-corrected chi connectivity index (χ4v) is 3.14. The summed E-state index contributed by atoms with van der Waals surface area (Å²) in [6, 6.07) is 11.4. The van der Waals surface area contributed by atoms with Crippen molar-refractivity contribution >= 4 is 17.5 Å². The van der Waals surface area contributed by atoms with E-state index in [0.717, 1.165) is 17.1 Å². The van der Waals surface area contributed by atoms with Crippen LogP contribution in [-0.4, -0.2) is 40.3 Å². The Morgan fingerprint density at radius 2 is 1.96 bits per heavy atom. The van der Waals surface area contributed by atoms with Gasteiger partial charge in [0.1, 0.15) is 5.76 Å². The molecule has 2 aromatic heterocycles. The Hall–Kier alpha value is -3.26. The van der Waals surface area contributed by atoms with Crippen LogP contribution in [0.4, 0.5) is 11.6 Å². The van der Waals surface area contributed by atoms with Gasteiger partial charge in [0.25, 0.3) is 5.91 Å². The molecule has 1 amide bonds. The van der Waals surface area contributed by atoms with Gasteiger partial charge in [-0.25, -0.2) is 9.97 Å². The standard InChI is InChI=1S/C20H21N5O3/c1-13-7-17(28-25-13)8-14-11-27-12-18(14)24-19(26)15-9-21-20(22-10-15)23-16-5-3-2-4-6-16/h2-7,9-10,14,18H,8,11-12H2,1H3,(H,24,26)(H,21,22,23)/t14-,18+/m1/s1. The molecule has 28 heavy (non-hydrogen) atoms. The molecule has 144 valence electrons. The number of nitrogens with zero attached hydrogens (tertiary/aromatic N) is 3. The molecule has 0 bridgehead atoms. The number of nitrogens with one attached hydrogen (secondary N) is 2. The van der Waals surface area contributed by atoms with Crippen LogP contribution in [-0.2, 0) is 11.2 Å². The number of anilines is 2. The van der Waals surface area contributed by atoms with Crippen LogP contribution < -0.4 is 10.6 Å². The molecule has 1 aliphatic rings. The molecule has 0 aliphatic carbocycles. The van der Waals surface area contributed by atoms with Crippen LogP contribution in [0.2, 0.25) is 0 Å². The molecule has 1 saturated heterocycles. The molecule has 2 N–H and O–H groups in total. The van der Waals surface area contributed by atoms with E-state index < -0.39 is 0 Å². The highest BCUT2D eigenvalue weighted by molar-refractivity contribution is 5.93. The number of benzene rings is 1. The van der Waals surface area contributed by atoms with Crippen molar-refractivity contribution in [2.24, 2.45) is 5.92 Å². The van der Waals surface area contributed by atoms with Crippen molar-refractivity contribution in [2.45, 2.75) is 19.4 Å². The summed E-state index contributed by atoms with van der Waals surface area (Å²) in [5.41, 5.74) is 2.13. The van der Waals surface area contributed by atoms with Crippen molar-refractivity contribution in [3.05, 3.63) is 65.8 Å². The number of hydrogen-bond donors (Lipinski definition) is 2. The van der Waals surface area contributed by atoms with Crippen LogP contribution in [0, 0.1) is 12.8 Å². The van der Waals surface area contributed by atoms with Gasteiger partial charge in [-0.3, -0.25) is 4.79 Å². The predicted molar refractivity (Wildman–Crippen MR) is 102 cm³/mol. The molecular formula is C20H21N5O3. The Balaban J connectivity index is 1.36. The van der Waals surface area contributed by atoms with E-state index in [1.807, 2.05) is 43.3 Å². The fraction of sp³-hybridized carbons (Fsp3) is 0.300. The lowest BCUT2D eigenvalue weighted by molar-refractivity contribution is 0.0924. The number of amides is 1. The lowest BCUT2D eigenvalue weighted by Gasteiger charge is -2.18. The van der Waals surface area contributed by atoms with Gasteiger partial charge in [0, 0.05) is 36.5 Å². The van der Waals surface area contributed by atoms with Crippen LogP contribution in [0.1, 0.15) is 21.8 Å². The lowest BCUT2D eigenvalue weighted by atomic mass is 9.98. The Kier molecular flexibility index (Phi) is 5.29. The van der Waals surface area contributed by atoms with Crippen molar-refractivity contribution in [1.29, 1.82) is 0 Å². The summed E-state index contributed by atoms with van der Waals surface area (Å²) >= 11 is 0. The molecule has 0 radical (unpaired) electrons. The molecule has 3 heterocycles. The average Bonchev–Trinajstić information content (AvgIpc) is 3.32. The quantitative estimate of drug-likeness (QED) is 0.678. The van der Waals surface area contributed by atoms with E-state index in [2.05, 4.69) is 25.8 Å². The number of ether oxygens (including phenoxy) is 1. The van der Waals surface area contributed by atoms with Crippen LogP contribution in [0.3, 0.4) is 0 Å². The molecule has 2 atom stereocenters. The third kappa shape index (κ3) is 4.34. The zero-order valence-electron chi connectivity index (χ0n) is 15.5. The Bertz CT molecular complexity index is 927. The number of aryl methyl sites for hydroxylation is 1. The van der Waals surface area contributed by atoms with Crippen LogP contribution >= 0.6 is 0 Å². The molecular weight excluding hydrogens is 358 g/mol. The third-order valence-corrected chi connectivity index (χ3v) is 4.60. The second kappa shape index (κ2) is 8.18. The van der Waals surface area contributed by atoms with Crippen molar-refractivity contribution in [3.8, 4) is 0 Å². The lowest BCUT2D eigenvalue weighted by Crippen LogP contribution is -2.40. The monoisotopic (exact) mass is 379 g/mol. The van der Waals surface area contributed by atoms with Gasteiger partial charge in [-0.15, -0.1) is 0 Å². The van der Waals surface area contributed by atoms with Crippen LogP contribution in [0.25, 0.3) is 0 Å². The first-order valence-electron chi connectivity index (χ1n) is 9.12. The summed E-state index contributed by atoms with van der Waals surface area (Å²) in [6.45, 7) is 2.92. The van der Waals surface area contributed by atoms with Crippen molar-refractivity contribution in [1.82, 2.24) is 20.4 Å². The SMILES string of the molecule is Cc1cc(C[C@@H]2COC[C@@H]2NC(=O)c2cnc(Nc3ccccc3)nc2)on1. The number of hydrogen-bond acceptors (Lipinski definition) is 7. The van der Waals surface area contributed by atoms with E-state index in [9.17, 15) is 4.79 Å². The Labute approximate surface area is 162 Å². The first-order valence-corrected chi connectivity index (χ1v) is 9.12. The zero-order valence-corrected chi connectivity index (χ0v) is 15.5. The summed E-state index contributed by atoms with van der Waals surface area (Å²) in [4.78, 5) is 21.0. The minimum Gasteiger partial charge on any atom is -0.379 e. The molecule has 3 aromatic rings. The van der Waals surface area contributed by atoms with Gasteiger partial charge in [0.05, 0.1) is 30.5 Å². The molecule has 0 unspecified atom stereocenters. The van der Waals surface area contributed by atoms with Crippen molar-refractivity contribution in [2.75, 3.05) is 18.5 Å². The number of rotatable bonds is 6. The summed E-state index contributed by atoms with van der Waals surface area (Å²) < 4.78 is 10.8. The van der Waals surface area contributed by atoms with E-state index in [4.69, 9.17) is 9.26 Å². The minimum absolute atomic E-state index is 0.0972. The summed E-state index contributed by atoms with van der Waals surface area (Å²) in [6.07, 6.45) is 3.69. The highest BCUT2D eigenvalue weighted by atomic mass is 16.5. The summed E-state index contributed by atoms with van der Waals surface area (Å²) in [5.74, 6) is 1.15. The molecule has 1 aromatic carbocycles. The van der Waals surface area contributed by atoms with E-state index in [1.54, 1.807) is 0 Å². The maximum absolute atomic E-state index is 12.6. The highest BCUT2D eigenvalue weighted by Gasteiger charge is 2.31. The molecule has 8 heteroatoms. The number of para-hydroxylation sites is 1. The van der Waals surface area contributed by atoms with Crippen molar-refractivity contribution < 1.29 is 14.1 Å². The normalized spacial score (nSPS) is 18.8. The first kappa shape index (κ1) is 18.1. The molecule has 1 fully saturated rings. The fourth-order valence-electron chi connectivity index (χ4n) is 3.14. The smallest absolute Gasteiger partial charge is 0.254 e. The molecule has 4 rings (SSSR count). The summed E-state index contributed by atoms with van der Waals surface area (Å²) in [7, 11) is 0. The van der Waals surface area contributed by atoms with E-state index >= 15 is 0 Å². The first-order chi connectivity index (χ1) is 13.7. The molecule has 8 nitrogen and oxygen atoms in total. The molecule has 1 aliphatic heterocycles. The Morgan fingerprint density at radius 3 is 2.68 bits per heavy atom. The minimum atomic E-state index is -0.222. The van der Waals surface area contributed by atoms with Gasteiger partial charge in [0.2, 0.25) is 5.95 Å². The zero-order chi connectivity index (χ0) is 19.3. The number of carbonyl (C=O) groups excluding carboxylic acids is 1. The highest BCUT2D eigenvalue weighted by Crippen LogP contribution is 2.20. The van der Waals surface area contributed by atoms with Gasteiger partial charge in [-0.05, 0) is 19.1 Å². The number of carbonyl (C=O) groups is 1. The third-order valence-electron chi connectivity index (χ3n) is 4.60. The maximum Gasteiger partial charge on any atom is 0.254 e. The maximum atomic E-state index is 12.6. The van der Waals surface area contributed by atoms with Crippen LogP contribution in [0.15, 0.2) is 53.3 Å². The second-order valence-electron chi connectivity index (χ2n) is 6.80. The van der Waals surface area contributed by atoms with Gasteiger partial charge in [-0.1, -0.05) is 23.4 Å². The van der Waals surface area contributed by atoms with Gasteiger partial charge in [0.15, 0.2) is 0 Å². The van der Waals surface area contributed by atoms with E-state index in [-0.39, 0.29) is 17.9 Å². The van der Waals surface area contributed by atoms with E-state index in [1.165, 1.54) is 12.4 Å². The topological polar surface area (TPSA) is 102 Å². The average molecular weight is 379 g/mol. The largest absolute Gasteiger partial charge is 0.379 e. The van der Waals surface area contributed by atoms with Crippen LogP contribution in [0.5, 0.6) is 0 Å². The van der Waals surface area contributed by atoms with E-state index in [0.29, 0.717) is 31.1 Å².